The van der Waals surface area contributed by atoms with Crippen LogP contribution in [0.2, 0.25) is 0 Å². The Kier molecular flexibility index (Phi) is 6.20. The Bertz CT molecular complexity index is 313. The lowest BCUT2D eigenvalue weighted by Crippen LogP contribution is -2.40. The molecule has 1 fully saturated rings. The van der Waals surface area contributed by atoms with E-state index >= 15 is 0 Å². The molecule has 17 heavy (non-hydrogen) atoms. The van der Waals surface area contributed by atoms with Gasteiger partial charge in [-0.1, -0.05) is 6.92 Å². The number of ether oxygens (including phenoxy) is 1. The first-order valence-corrected chi connectivity index (χ1v) is 8.27. The summed E-state index contributed by atoms with van der Waals surface area (Å²) in [5.74, 6) is 0.691. The van der Waals surface area contributed by atoms with Crippen molar-refractivity contribution in [2.45, 2.75) is 32.6 Å². The third-order valence-corrected chi connectivity index (χ3v) is 4.89. The molecule has 0 aromatic carbocycles. The summed E-state index contributed by atoms with van der Waals surface area (Å²) in [7, 11) is -3.14. The first kappa shape index (κ1) is 15.2. The van der Waals surface area contributed by atoms with Crippen molar-refractivity contribution in [2.75, 3.05) is 31.4 Å². The molecule has 1 aliphatic rings. The smallest absolute Gasteiger partial charge is 0.211 e. The average molecular weight is 284 g/mol. The molecule has 1 heterocycles. The highest BCUT2D eigenvalue weighted by molar-refractivity contribution is 7.89. The predicted octanol–water partition coefficient (Wildman–Crippen LogP) is 1.74. The van der Waals surface area contributed by atoms with E-state index in [9.17, 15) is 8.42 Å². The van der Waals surface area contributed by atoms with Crippen LogP contribution in [-0.4, -0.2) is 39.8 Å². The van der Waals surface area contributed by atoms with Gasteiger partial charge in [0.1, 0.15) is 0 Å². The standard InChI is InChI=1S/C11H22ClNO3S/c1-11(4-7-16-8-5-11)10-13-17(14,15)9-3-2-6-12/h13H,2-10H2,1H3. The monoisotopic (exact) mass is 283 g/mol. The number of unbranched alkanes of at least 4 members (excludes halogenated alkanes) is 1. The Hall–Kier alpha value is 0.160. The summed E-state index contributed by atoms with van der Waals surface area (Å²) in [5.41, 5.74) is 0.0395. The zero-order valence-electron chi connectivity index (χ0n) is 10.4. The van der Waals surface area contributed by atoms with Crippen molar-refractivity contribution in [1.82, 2.24) is 4.72 Å². The zero-order chi connectivity index (χ0) is 12.8. The highest BCUT2D eigenvalue weighted by Gasteiger charge is 2.28. The van der Waals surface area contributed by atoms with E-state index in [0.29, 0.717) is 18.8 Å². The van der Waals surface area contributed by atoms with Crippen LogP contribution in [0.4, 0.5) is 0 Å². The fraction of sp³-hybridized carbons (Fsp3) is 1.00. The van der Waals surface area contributed by atoms with Crippen LogP contribution in [0, 0.1) is 5.41 Å². The Morgan fingerprint density at radius 3 is 2.53 bits per heavy atom. The minimum Gasteiger partial charge on any atom is -0.381 e. The summed E-state index contributed by atoms with van der Waals surface area (Å²) in [6, 6.07) is 0. The second kappa shape index (κ2) is 6.92. The lowest BCUT2D eigenvalue weighted by Gasteiger charge is -2.33. The molecule has 0 saturated carbocycles. The second-order valence-electron chi connectivity index (χ2n) is 4.96. The van der Waals surface area contributed by atoms with Crippen molar-refractivity contribution < 1.29 is 13.2 Å². The van der Waals surface area contributed by atoms with Crippen LogP contribution in [0.5, 0.6) is 0 Å². The largest absolute Gasteiger partial charge is 0.381 e. The molecule has 4 nitrogen and oxygen atoms in total. The predicted molar refractivity (Wildman–Crippen MR) is 69.9 cm³/mol. The molecule has 0 radical (unpaired) electrons. The Balaban J connectivity index is 2.32. The molecule has 0 aromatic heterocycles. The van der Waals surface area contributed by atoms with Crippen LogP contribution >= 0.6 is 11.6 Å². The van der Waals surface area contributed by atoms with Crippen molar-refractivity contribution in [3.63, 3.8) is 0 Å². The Morgan fingerprint density at radius 1 is 1.29 bits per heavy atom. The van der Waals surface area contributed by atoms with Gasteiger partial charge in [0, 0.05) is 25.6 Å². The third kappa shape index (κ3) is 6.04. The van der Waals surface area contributed by atoms with Gasteiger partial charge in [-0.25, -0.2) is 13.1 Å². The van der Waals surface area contributed by atoms with Gasteiger partial charge in [0.05, 0.1) is 5.75 Å². The van der Waals surface area contributed by atoms with Gasteiger partial charge in [-0.05, 0) is 31.1 Å². The van der Waals surface area contributed by atoms with Crippen molar-refractivity contribution in [3.8, 4) is 0 Å². The number of halogens is 1. The van der Waals surface area contributed by atoms with Gasteiger partial charge in [0.15, 0.2) is 0 Å². The number of hydrogen-bond acceptors (Lipinski definition) is 3. The summed E-state index contributed by atoms with van der Waals surface area (Å²) in [4.78, 5) is 0. The lowest BCUT2D eigenvalue weighted by atomic mass is 9.83. The summed E-state index contributed by atoms with van der Waals surface area (Å²) >= 11 is 5.52. The number of hydrogen-bond donors (Lipinski definition) is 1. The SMILES string of the molecule is CC1(CNS(=O)(=O)CCCCCl)CCOCC1. The molecule has 102 valence electrons. The normalized spacial score (nSPS) is 20.4. The van der Waals surface area contributed by atoms with E-state index in [1.54, 1.807) is 0 Å². The highest BCUT2D eigenvalue weighted by atomic mass is 35.5. The van der Waals surface area contributed by atoms with E-state index in [2.05, 4.69) is 11.6 Å². The Morgan fingerprint density at radius 2 is 1.94 bits per heavy atom. The molecule has 0 bridgehead atoms. The van der Waals surface area contributed by atoms with Gasteiger partial charge in [0.25, 0.3) is 0 Å². The Labute approximate surface area is 109 Å². The summed E-state index contributed by atoms with van der Waals surface area (Å²) < 4.78 is 31.4. The van der Waals surface area contributed by atoms with E-state index in [1.807, 2.05) is 0 Å². The molecule has 1 rings (SSSR count). The van der Waals surface area contributed by atoms with Gasteiger partial charge in [-0.2, -0.15) is 0 Å². The maximum absolute atomic E-state index is 11.7. The molecule has 1 saturated heterocycles. The quantitative estimate of drug-likeness (QED) is 0.572. The molecular formula is C11H22ClNO3S. The topological polar surface area (TPSA) is 55.4 Å². The molecular weight excluding hydrogens is 262 g/mol. The average Bonchev–Trinajstić information content (AvgIpc) is 2.28. The van der Waals surface area contributed by atoms with Crippen LogP contribution in [0.25, 0.3) is 0 Å². The number of rotatable bonds is 7. The number of nitrogens with one attached hydrogen (secondary N) is 1. The van der Waals surface area contributed by atoms with E-state index in [0.717, 1.165) is 32.5 Å². The van der Waals surface area contributed by atoms with Gasteiger partial charge in [-0.15, -0.1) is 11.6 Å². The number of alkyl halides is 1. The lowest BCUT2D eigenvalue weighted by molar-refractivity contribution is 0.0265. The second-order valence-corrected chi connectivity index (χ2v) is 7.26. The molecule has 6 heteroatoms. The fourth-order valence-corrected chi connectivity index (χ4v) is 3.27. The summed E-state index contributed by atoms with van der Waals surface area (Å²) in [6.45, 7) is 4.07. The first-order valence-electron chi connectivity index (χ1n) is 6.08. The minimum absolute atomic E-state index is 0.0395. The van der Waals surface area contributed by atoms with Gasteiger partial charge in [0.2, 0.25) is 10.0 Å². The maximum Gasteiger partial charge on any atom is 0.211 e. The van der Waals surface area contributed by atoms with Crippen molar-refractivity contribution in [1.29, 1.82) is 0 Å². The van der Waals surface area contributed by atoms with E-state index in [1.165, 1.54) is 0 Å². The number of sulfonamides is 1. The molecule has 1 N–H and O–H groups in total. The first-order chi connectivity index (χ1) is 7.97. The molecule has 0 atom stereocenters. The van der Waals surface area contributed by atoms with Crippen molar-refractivity contribution >= 4 is 21.6 Å². The van der Waals surface area contributed by atoms with Crippen LogP contribution in [-0.2, 0) is 14.8 Å². The zero-order valence-corrected chi connectivity index (χ0v) is 11.9. The van der Waals surface area contributed by atoms with Crippen molar-refractivity contribution in [3.05, 3.63) is 0 Å². The van der Waals surface area contributed by atoms with Gasteiger partial charge < -0.3 is 4.74 Å². The molecule has 0 aromatic rings. The maximum atomic E-state index is 11.7. The van der Waals surface area contributed by atoms with Crippen LogP contribution in [0.15, 0.2) is 0 Å². The molecule has 0 unspecified atom stereocenters. The van der Waals surface area contributed by atoms with Crippen LogP contribution in [0.3, 0.4) is 0 Å². The van der Waals surface area contributed by atoms with E-state index in [-0.39, 0.29) is 11.2 Å². The fourth-order valence-electron chi connectivity index (χ4n) is 1.78. The van der Waals surface area contributed by atoms with E-state index in [4.69, 9.17) is 16.3 Å². The van der Waals surface area contributed by atoms with Crippen LogP contribution in [0.1, 0.15) is 32.6 Å². The summed E-state index contributed by atoms with van der Waals surface area (Å²) in [5, 5.41) is 0. The van der Waals surface area contributed by atoms with Crippen molar-refractivity contribution in [2.24, 2.45) is 5.41 Å². The van der Waals surface area contributed by atoms with Gasteiger partial charge >= 0.3 is 0 Å². The molecule has 0 spiro atoms. The molecule has 0 amide bonds. The van der Waals surface area contributed by atoms with E-state index < -0.39 is 10.0 Å². The van der Waals surface area contributed by atoms with Crippen LogP contribution < -0.4 is 4.72 Å². The highest BCUT2D eigenvalue weighted by Crippen LogP contribution is 2.28. The third-order valence-electron chi connectivity index (χ3n) is 3.22. The summed E-state index contributed by atoms with van der Waals surface area (Å²) in [6.07, 6.45) is 3.20. The molecule has 0 aliphatic carbocycles. The minimum atomic E-state index is -3.14. The molecule has 1 aliphatic heterocycles. The van der Waals surface area contributed by atoms with Gasteiger partial charge in [-0.3, -0.25) is 0 Å².